The van der Waals surface area contributed by atoms with Crippen molar-refractivity contribution in [3.63, 3.8) is 0 Å². The van der Waals surface area contributed by atoms with Crippen molar-refractivity contribution < 1.29 is 9.90 Å². The number of likely N-dealkylation sites (tertiary alicyclic amines) is 1. The van der Waals surface area contributed by atoms with E-state index in [4.69, 9.17) is 5.11 Å². The van der Waals surface area contributed by atoms with Gasteiger partial charge in [0.2, 0.25) is 0 Å². The number of nitrogens with zero attached hydrogens (tertiary/aromatic N) is 1. The fourth-order valence-corrected chi connectivity index (χ4v) is 3.47. The van der Waals surface area contributed by atoms with E-state index >= 15 is 0 Å². The van der Waals surface area contributed by atoms with E-state index in [1.807, 2.05) is 6.07 Å². The van der Waals surface area contributed by atoms with E-state index in [0.29, 0.717) is 12.3 Å². The molecule has 112 valence electrons. The summed E-state index contributed by atoms with van der Waals surface area (Å²) in [5, 5.41) is 10.3. The average Bonchev–Trinajstić information content (AvgIpc) is 2.75. The number of para-hydroxylation sites is 1. The van der Waals surface area contributed by atoms with Gasteiger partial charge in [-0.05, 0) is 43.9 Å². The highest BCUT2D eigenvalue weighted by Crippen LogP contribution is 2.26. The molecule has 2 aromatic rings. The summed E-state index contributed by atoms with van der Waals surface area (Å²) in [4.78, 5) is 16.7. The monoisotopic (exact) mass is 286 g/mol. The van der Waals surface area contributed by atoms with Gasteiger partial charge in [0.25, 0.3) is 0 Å². The molecule has 1 aromatic carbocycles. The Balaban J connectivity index is 1.75. The molecule has 0 radical (unpaired) electrons. The average molecular weight is 286 g/mol. The molecule has 4 nitrogen and oxygen atoms in total. The summed E-state index contributed by atoms with van der Waals surface area (Å²) in [6.45, 7) is 4.99. The Morgan fingerprint density at radius 2 is 2.24 bits per heavy atom. The molecular weight excluding hydrogens is 264 g/mol. The van der Waals surface area contributed by atoms with Gasteiger partial charge in [0.15, 0.2) is 0 Å². The van der Waals surface area contributed by atoms with Gasteiger partial charge in [-0.1, -0.05) is 18.2 Å². The lowest BCUT2D eigenvalue weighted by atomic mass is 9.94. The number of carboxylic acids is 1. The Hall–Kier alpha value is -1.81. The van der Waals surface area contributed by atoms with Gasteiger partial charge in [-0.25, -0.2) is 0 Å². The number of H-pyrrole nitrogens is 1. The number of hydrogen-bond donors (Lipinski definition) is 2. The molecule has 1 atom stereocenters. The summed E-state index contributed by atoms with van der Waals surface area (Å²) in [7, 11) is 0. The fraction of sp³-hybridized carbons (Fsp3) is 0.471. The van der Waals surface area contributed by atoms with Gasteiger partial charge in [-0.3, -0.25) is 9.69 Å². The van der Waals surface area contributed by atoms with E-state index in [1.165, 1.54) is 22.2 Å². The number of aliphatic carboxylic acids is 1. The lowest BCUT2D eigenvalue weighted by Gasteiger charge is -2.32. The van der Waals surface area contributed by atoms with Crippen molar-refractivity contribution in [2.75, 3.05) is 13.1 Å². The molecule has 4 heteroatoms. The van der Waals surface area contributed by atoms with Gasteiger partial charge in [0.1, 0.15) is 0 Å². The first kappa shape index (κ1) is 14.1. The minimum Gasteiger partial charge on any atom is -0.481 e. The molecular formula is C17H22N2O2. The van der Waals surface area contributed by atoms with Crippen molar-refractivity contribution >= 4 is 16.9 Å². The van der Waals surface area contributed by atoms with Crippen LogP contribution in [0.2, 0.25) is 0 Å². The molecule has 0 saturated carbocycles. The van der Waals surface area contributed by atoms with Crippen LogP contribution in [0.15, 0.2) is 24.3 Å². The third kappa shape index (κ3) is 3.10. The Kier molecular flexibility index (Phi) is 3.97. The number of aromatic nitrogens is 1. The summed E-state index contributed by atoms with van der Waals surface area (Å²) in [5.41, 5.74) is 3.75. The first-order valence-electron chi connectivity index (χ1n) is 7.64. The van der Waals surface area contributed by atoms with E-state index in [0.717, 1.165) is 32.5 Å². The van der Waals surface area contributed by atoms with Crippen LogP contribution in [0.4, 0.5) is 0 Å². The van der Waals surface area contributed by atoms with Crippen molar-refractivity contribution in [1.29, 1.82) is 0 Å². The number of nitrogens with one attached hydrogen (secondary N) is 1. The highest BCUT2D eigenvalue weighted by atomic mass is 16.4. The highest BCUT2D eigenvalue weighted by Gasteiger charge is 2.23. The third-order valence-corrected chi connectivity index (χ3v) is 4.48. The number of aromatic amines is 1. The number of benzene rings is 1. The second kappa shape index (κ2) is 5.90. The first-order valence-corrected chi connectivity index (χ1v) is 7.64. The molecule has 1 aliphatic heterocycles. The number of fused-ring (bicyclic) bond motifs is 1. The van der Waals surface area contributed by atoms with Crippen LogP contribution in [0.3, 0.4) is 0 Å². The molecule has 2 N–H and O–H groups in total. The van der Waals surface area contributed by atoms with Gasteiger partial charge in [0, 0.05) is 36.1 Å². The zero-order valence-corrected chi connectivity index (χ0v) is 12.4. The third-order valence-electron chi connectivity index (χ3n) is 4.48. The fourth-order valence-electron chi connectivity index (χ4n) is 3.47. The maximum atomic E-state index is 10.9. The summed E-state index contributed by atoms with van der Waals surface area (Å²) in [6, 6.07) is 8.39. The van der Waals surface area contributed by atoms with Crippen LogP contribution in [0.1, 0.15) is 30.5 Å². The van der Waals surface area contributed by atoms with Gasteiger partial charge in [-0.15, -0.1) is 0 Å². The minimum absolute atomic E-state index is 0.293. The second-order valence-electron chi connectivity index (χ2n) is 6.12. The first-order chi connectivity index (χ1) is 10.1. The predicted molar refractivity (Wildman–Crippen MR) is 83.3 cm³/mol. The number of carbonyl (C=O) groups is 1. The van der Waals surface area contributed by atoms with Crippen LogP contribution < -0.4 is 0 Å². The molecule has 0 bridgehead atoms. The van der Waals surface area contributed by atoms with Crippen molar-refractivity contribution in [1.82, 2.24) is 9.88 Å². The number of rotatable bonds is 4. The standard InChI is InChI=1S/C17H22N2O2/c1-12-15(14-6-2-3-7-16(14)18-12)11-19-8-4-5-13(10-19)9-17(20)21/h2-3,6-7,13,18H,4-5,8-11H2,1H3,(H,20,21). The molecule has 0 spiro atoms. The number of piperidine rings is 1. The maximum Gasteiger partial charge on any atom is 0.303 e. The van der Waals surface area contributed by atoms with Crippen LogP contribution in [0.25, 0.3) is 10.9 Å². The van der Waals surface area contributed by atoms with E-state index in [9.17, 15) is 4.79 Å². The predicted octanol–water partition coefficient (Wildman–Crippen LogP) is 3.16. The lowest BCUT2D eigenvalue weighted by Crippen LogP contribution is -2.35. The summed E-state index contributed by atoms with van der Waals surface area (Å²) in [6.07, 6.45) is 2.43. The molecule has 21 heavy (non-hydrogen) atoms. The van der Waals surface area contributed by atoms with Crippen LogP contribution >= 0.6 is 0 Å². The SMILES string of the molecule is Cc1[nH]c2ccccc2c1CN1CCCC(CC(=O)O)C1. The molecule has 1 fully saturated rings. The van der Waals surface area contributed by atoms with Gasteiger partial charge in [-0.2, -0.15) is 0 Å². The molecule has 3 rings (SSSR count). The zero-order chi connectivity index (χ0) is 14.8. The van der Waals surface area contributed by atoms with Crippen LogP contribution in [0.5, 0.6) is 0 Å². The van der Waals surface area contributed by atoms with Crippen molar-refractivity contribution in [2.45, 2.75) is 32.7 Å². The number of aryl methyl sites for hydroxylation is 1. The molecule has 1 aliphatic rings. The quantitative estimate of drug-likeness (QED) is 0.907. The van der Waals surface area contributed by atoms with Crippen molar-refractivity contribution in [3.05, 3.63) is 35.5 Å². The van der Waals surface area contributed by atoms with E-state index < -0.39 is 5.97 Å². The van der Waals surface area contributed by atoms with Gasteiger partial charge >= 0.3 is 5.97 Å². The van der Waals surface area contributed by atoms with Gasteiger partial charge < -0.3 is 10.1 Å². The molecule has 1 aromatic heterocycles. The normalized spacial score (nSPS) is 20.0. The second-order valence-corrected chi connectivity index (χ2v) is 6.12. The Bertz CT molecular complexity index is 647. The Morgan fingerprint density at radius 1 is 1.43 bits per heavy atom. The van der Waals surface area contributed by atoms with Crippen molar-refractivity contribution in [2.24, 2.45) is 5.92 Å². The topological polar surface area (TPSA) is 56.3 Å². The summed E-state index contributed by atoms with van der Waals surface area (Å²) < 4.78 is 0. The zero-order valence-electron chi connectivity index (χ0n) is 12.4. The van der Waals surface area contributed by atoms with Crippen LogP contribution in [0, 0.1) is 12.8 Å². The smallest absolute Gasteiger partial charge is 0.303 e. The molecule has 2 heterocycles. The maximum absolute atomic E-state index is 10.9. The summed E-state index contributed by atoms with van der Waals surface area (Å²) >= 11 is 0. The van der Waals surface area contributed by atoms with E-state index in [-0.39, 0.29) is 0 Å². The molecule has 0 aliphatic carbocycles. The van der Waals surface area contributed by atoms with Crippen LogP contribution in [-0.4, -0.2) is 34.0 Å². The minimum atomic E-state index is -0.676. The van der Waals surface area contributed by atoms with E-state index in [2.05, 4.69) is 35.0 Å². The Labute approximate surface area is 124 Å². The Morgan fingerprint density at radius 3 is 3.05 bits per heavy atom. The number of carboxylic acid groups (broad SMARTS) is 1. The summed E-state index contributed by atoms with van der Waals surface area (Å²) in [5.74, 6) is -0.383. The largest absolute Gasteiger partial charge is 0.481 e. The number of hydrogen-bond acceptors (Lipinski definition) is 2. The van der Waals surface area contributed by atoms with E-state index in [1.54, 1.807) is 0 Å². The van der Waals surface area contributed by atoms with Gasteiger partial charge in [0.05, 0.1) is 0 Å². The molecule has 0 amide bonds. The van der Waals surface area contributed by atoms with Crippen molar-refractivity contribution in [3.8, 4) is 0 Å². The lowest BCUT2D eigenvalue weighted by molar-refractivity contribution is -0.138. The highest BCUT2D eigenvalue weighted by molar-refractivity contribution is 5.84. The molecule has 1 saturated heterocycles. The molecule has 1 unspecified atom stereocenters. The van der Waals surface area contributed by atoms with Crippen LogP contribution in [-0.2, 0) is 11.3 Å².